The van der Waals surface area contributed by atoms with Gasteiger partial charge < -0.3 is 4.74 Å². The molecule has 0 radical (unpaired) electrons. The van der Waals surface area contributed by atoms with E-state index in [2.05, 4.69) is 36.1 Å². The second-order valence-electron chi connectivity index (χ2n) is 3.87. The lowest BCUT2D eigenvalue weighted by atomic mass is 10.1. The number of hydrogen-bond acceptors (Lipinski definition) is 2. The number of benzene rings is 1. The molecule has 90 valence electrons. The number of nitrogens with zero attached hydrogens (tertiary/aromatic N) is 1. The Hall–Kier alpha value is -0.860. The summed E-state index contributed by atoms with van der Waals surface area (Å²) in [5.41, 5.74) is 2.73. The molecule has 0 atom stereocenters. The molecule has 1 aromatic carbocycles. The monoisotopic (exact) mass is 221 g/mol. The highest BCUT2D eigenvalue weighted by molar-refractivity contribution is 5.21. The van der Waals surface area contributed by atoms with Gasteiger partial charge in [-0.05, 0) is 12.5 Å². The van der Waals surface area contributed by atoms with Crippen LogP contribution in [0.15, 0.2) is 24.3 Å². The van der Waals surface area contributed by atoms with Crippen LogP contribution < -0.4 is 0 Å². The van der Waals surface area contributed by atoms with E-state index in [1.54, 1.807) is 0 Å². The molecule has 0 N–H and O–H groups in total. The quantitative estimate of drug-likeness (QED) is 0.761. The van der Waals surface area contributed by atoms with Crippen molar-refractivity contribution in [2.24, 2.45) is 0 Å². The lowest BCUT2D eigenvalue weighted by Crippen LogP contribution is -2.35. The predicted molar refractivity (Wildman–Crippen MR) is 68.6 cm³/mol. The van der Waals surface area contributed by atoms with E-state index in [4.69, 9.17) is 4.74 Å². The van der Waals surface area contributed by atoms with E-state index in [0.717, 1.165) is 32.8 Å². The van der Waals surface area contributed by atoms with Crippen molar-refractivity contribution in [2.75, 3.05) is 26.3 Å². The molecule has 0 spiro atoms. The molecular formula is C14H23NO. The third-order valence-corrected chi connectivity index (χ3v) is 2.63. The van der Waals surface area contributed by atoms with Crippen LogP contribution in [0.3, 0.4) is 0 Å². The van der Waals surface area contributed by atoms with E-state index >= 15 is 0 Å². The van der Waals surface area contributed by atoms with Gasteiger partial charge in [-0.15, -0.1) is 0 Å². The number of ether oxygens (including phenoxy) is 1. The first-order chi connectivity index (χ1) is 7.84. The highest BCUT2D eigenvalue weighted by atomic mass is 16.5. The molecule has 1 heterocycles. The highest BCUT2D eigenvalue weighted by Gasteiger charge is 2.09. The lowest BCUT2D eigenvalue weighted by Gasteiger charge is -2.26. The summed E-state index contributed by atoms with van der Waals surface area (Å²) in [6.07, 6.45) is 0. The summed E-state index contributed by atoms with van der Waals surface area (Å²) < 4.78 is 5.31. The van der Waals surface area contributed by atoms with Crippen molar-refractivity contribution >= 4 is 0 Å². The fraction of sp³-hybridized carbons (Fsp3) is 0.571. The molecule has 0 amide bonds. The molecule has 1 fully saturated rings. The van der Waals surface area contributed by atoms with Gasteiger partial charge in [-0.3, -0.25) is 4.90 Å². The Balaban J connectivity index is 0.000000606. The van der Waals surface area contributed by atoms with Crippen LogP contribution in [-0.2, 0) is 11.3 Å². The molecular weight excluding hydrogens is 198 g/mol. The van der Waals surface area contributed by atoms with Crippen molar-refractivity contribution < 1.29 is 4.74 Å². The molecule has 0 bridgehead atoms. The molecule has 2 heteroatoms. The fourth-order valence-electron chi connectivity index (χ4n) is 1.71. The first-order valence-electron chi connectivity index (χ1n) is 6.20. The van der Waals surface area contributed by atoms with E-state index in [0.29, 0.717) is 0 Å². The molecule has 2 rings (SSSR count). The maximum atomic E-state index is 5.31. The summed E-state index contributed by atoms with van der Waals surface area (Å²) in [7, 11) is 0. The van der Waals surface area contributed by atoms with Gasteiger partial charge in [0.1, 0.15) is 0 Å². The first kappa shape index (κ1) is 13.2. The number of rotatable bonds is 2. The van der Waals surface area contributed by atoms with Crippen molar-refractivity contribution in [1.82, 2.24) is 4.90 Å². The topological polar surface area (TPSA) is 12.5 Å². The lowest BCUT2D eigenvalue weighted by molar-refractivity contribution is 0.0342. The van der Waals surface area contributed by atoms with Gasteiger partial charge in [0, 0.05) is 19.6 Å². The summed E-state index contributed by atoms with van der Waals surface area (Å²) in [6.45, 7) is 11.1. The minimum absolute atomic E-state index is 0.881. The average molecular weight is 221 g/mol. The number of aryl methyl sites for hydroxylation is 1. The summed E-state index contributed by atoms with van der Waals surface area (Å²) in [5, 5.41) is 0. The van der Waals surface area contributed by atoms with Crippen LogP contribution in [0.5, 0.6) is 0 Å². The molecule has 1 aromatic rings. The third kappa shape index (κ3) is 4.33. The van der Waals surface area contributed by atoms with Gasteiger partial charge in [0.15, 0.2) is 0 Å². The van der Waals surface area contributed by atoms with E-state index in [1.807, 2.05) is 13.8 Å². The Kier molecular flexibility index (Phi) is 6.12. The van der Waals surface area contributed by atoms with Gasteiger partial charge in [-0.25, -0.2) is 0 Å². The highest BCUT2D eigenvalue weighted by Crippen LogP contribution is 2.08. The van der Waals surface area contributed by atoms with Gasteiger partial charge in [0.2, 0.25) is 0 Å². The number of hydrogen-bond donors (Lipinski definition) is 0. The zero-order valence-electron chi connectivity index (χ0n) is 10.7. The molecule has 2 nitrogen and oxygen atoms in total. The van der Waals surface area contributed by atoms with Crippen LogP contribution in [0.1, 0.15) is 25.0 Å². The Morgan fingerprint density at radius 2 is 1.62 bits per heavy atom. The minimum atomic E-state index is 0.881. The third-order valence-electron chi connectivity index (χ3n) is 2.63. The maximum absolute atomic E-state index is 5.31. The fourth-order valence-corrected chi connectivity index (χ4v) is 1.71. The van der Waals surface area contributed by atoms with Crippen LogP contribution in [-0.4, -0.2) is 31.2 Å². The van der Waals surface area contributed by atoms with Gasteiger partial charge in [-0.2, -0.15) is 0 Å². The van der Waals surface area contributed by atoms with Crippen molar-refractivity contribution in [3.8, 4) is 0 Å². The van der Waals surface area contributed by atoms with Gasteiger partial charge >= 0.3 is 0 Å². The summed E-state index contributed by atoms with van der Waals surface area (Å²) in [5.74, 6) is 0. The minimum Gasteiger partial charge on any atom is -0.379 e. The standard InChI is InChI=1S/C12H17NO.C2H6/c1-11-2-4-12(5-3-11)10-13-6-8-14-9-7-13;1-2/h2-5H,6-10H2,1H3;1-2H3. The van der Waals surface area contributed by atoms with Crippen LogP contribution >= 0.6 is 0 Å². The van der Waals surface area contributed by atoms with Crippen LogP contribution in [0.25, 0.3) is 0 Å². The van der Waals surface area contributed by atoms with Gasteiger partial charge in [-0.1, -0.05) is 43.7 Å². The SMILES string of the molecule is CC.Cc1ccc(CN2CCOCC2)cc1. The second kappa shape index (κ2) is 7.42. The molecule has 1 saturated heterocycles. The zero-order valence-corrected chi connectivity index (χ0v) is 10.7. The van der Waals surface area contributed by atoms with Crippen molar-refractivity contribution in [3.63, 3.8) is 0 Å². The Bertz CT molecular complexity index is 275. The normalized spacial score (nSPS) is 16.4. The van der Waals surface area contributed by atoms with E-state index in [9.17, 15) is 0 Å². The molecule has 1 aliphatic rings. The molecule has 16 heavy (non-hydrogen) atoms. The van der Waals surface area contributed by atoms with Gasteiger partial charge in [0.05, 0.1) is 13.2 Å². The molecule has 0 unspecified atom stereocenters. The van der Waals surface area contributed by atoms with Crippen molar-refractivity contribution in [2.45, 2.75) is 27.3 Å². The van der Waals surface area contributed by atoms with Crippen molar-refractivity contribution in [1.29, 1.82) is 0 Å². The predicted octanol–water partition coefficient (Wildman–Crippen LogP) is 2.85. The summed E-state index contributed by atoms with van der Waals surface area (Å²) in [6, 6.07) is 8.78. The molecule has 0 aliphatic carbocycles. The largest absolute Gasteiger partial charge is 0.379 e. The van der Waals surface area contributed by atoms with E-state index in [-0.39, 0.29) is 0 Å². The average Bonchev–Trinajstić information content (AvgIpc) is 2.36. The Morgan fingerprint density at radius 3 is 2.19 bits per heavy atom. The Morgan fingerprint density at radius 1 is 1.06 bits per heavy atom. The van der Waals surface area contributed by atoms with Crippen LogP contribution in [0.2, 0.25) is 0 Å². The van der Waals surface area contributed by atoms with E-state index < -0.39 is 0 Å². The van der Waals surface area contributed by atoms with Gasteiger partial charge in [0.25, 0.3) is 0 Å². The first-order valence-corrected chi connectivity index (χ1v) is 6.20. The molecule has 0 saturated carbocycles. The summed E-state index contributed by atoms with van der Waals surface area (Å²) >= 11 is 0. The Labute approximate surface area is 99.2 Å². The van der Waals surface area contributed by atoms with Crippen LogP contribution in [0.4, 0.5) is 0 Å². The smallest absolute Gasteiger partial charge is 0.0594 e. The maximum Gasteiger partial charge on any atom is 0.0594 e. The second-order valence-corrected chi connectivity index (χ2v) is 3.87. The summed E-state index contributed by atoms with van der Waals surface area (Å²) in [4.78, 5) is 2.44. The van der Waals surface area contributed by atoms with E-state index in [1.165, 1.54) is 11.1 Å². The van der Waals surface area contributed by atoms with Crippen LogP contribution in [0, 0.1) is 6.92 Å². The molecule has 0 aromatic heterocycles. The van der Waals surface area contributed by atoms with Crippen molar-refractivity contribution in [3.05, 3.63) is 35.4 Å². The molecule has 1 aliphatic heterocycles. The zero-order chi connectivity index (χ0) is 11.8. The number of morpholine rings is 1.